The lowest BCUT2D eigenvalue weighted by Crippen LogP contribution is -2.54. The molecule has 7 heteroatoms. The van der Waals surface area contributed by atoms with Crippen LogP contribution in [0.15, 0.2) is 24.3 Å². The standard InChI is InChI=1S/C25H39N3O4/c1-4-32-22-10-6-5-9-21(22)17-28-14-12-25(13-15-28)11-7-8-16-31-18-19(2)26-23(29)20(3)27-24(25)30/h5-6,9-10,19-20H,4,7-8,11-18H2,1-3H3,(H,26,29)(H,27,30)/t19-,20-/m0/s1. The van der Waals surface area contributed by atoms with Crippen LogP contribution < -0.4 is 15.4 Å². The van der Waals surface area contributed by atoms with Crippen LogP contribution >= 0.6 is 0 Å². The van der Waals surface area contributed by atoms with Crippen molar-refractivity contribution in [2.45, 2.75) is 71.5 Å². The monoisotopic (exact) mass is 445 g/mol. The second kappa shape index (κ2) is 11.7. The highest BCUT2D eigenvalue weighted by Gasteiger charge is 2.41. The maximum Gasteiger partial charge on any atom is 0.242 e. The third-order valence-corrected chi connectivity index (χ3v) is 6.65. The summed E-state index contributed by atoms with van der Waals surface area (Å²) in [5.74, 6) is 0.792. The normalized spacial score (nSPS) is 25.7. The number of carbonyl (C=O) groups is 2. The molecule has 0 unspecified atom stereocenters. The highest BCUT2D eigenvalue weighted by molar-refractivity contribution is 5.90. The number of nitrogens with one attached hydrogen (secondary N) is 2. The molecule has 1 aromatic rings. The number of ether oxygens (including phenoxy) is 2. The zero-order valence-corrected chi connectivity index (χ0v) is 19.8. The molecular weight excluding hydrogens is 406 g/mol. The summed E-state index contributed by atoms with van der Waals surface area (Å²) in [5.41, 5.74) is 0.755. The Morgan fingerprint density at radius 3 is 2.59 bits per heavy atom. The third-order valence-electron chi connectivity index (χ3n) is 6.65. The minimum atomic E-state index is -0.557. The van der Waals surface area contributed by atoms with Crippen molar-refractivity contribution in [1.82, 2.24) is 15.5 Å². The Morgan fingerprint density at radius 1 is 1.09 bits per heavy atom. The van der Waals surface area contributed by atoms with Crippen LogP contribution in [0.2, 0.25) is 0 Å². The summed E-state index contributed by atoms with van der Waals surface area (Å²) in [6.45, 7) is 10.0. The molecule has 0 aliphatic carbocycles. The molecule has 0 bridgehead atoms. The van der Waals surface area contributed by atoms with Crippen molar-refractivity contribution >= 4 is 11.8 Å². The molecule has 2 amide bonds. The van der Waals surface area contributed by atoms with E-state index in [2.05, 4.69) is 21.6 Å². The van der Waals surface area contributed by atoms with E-state index in [1.165, 1.54) is 5.56 Å². The minimum absolute atomic E-state index is 0.0161. The summed E-state index contributed by atoms with van der Waals surface area (Å²) in [5, 5.41) is 5.94. The van der Waals surface area contributed by atoms with Gasteiger partial charge in [-0.25, -0.2) is 0 Å². The van der Waals surface area contributed by atoms with Crippen molar-refractivity contribution in [3.8, 4) is 5.75 Å². The first kappa shape index (κ1) is 24.5. The molecule has 1 aromatic carbocycles. The van der Waals surface area contributed by atoms with Gasteiger partial charge in [-0.15, -0.1) is 0 Å². The summed E-state index contributed by atoms with van der Waals surface area (Å²) < 4.78 is 11.5. The van der Waals surface area contributed by atoms with Crippen LogP contribution in [0.25, 0.3) is 0 Å². The Morgan fingerprint density at radius 2 is 1.84 bits per heavy atom. The number of amides is 2. The summed E-state index contributed by atoms with van der Waals surface area (Å²) in [4.78, 5) is 28.3. The van der Waals surface area contributed by atoms with Crippen LogP contribution in [-0.4, -0.2) is 61.7 Å². The molecule has 2 saturated heterocycles. The molecule has 2 aliphatic heterocycles. The van der Waals surface area contributed by atoms with Crippen LogP contribution in [0, 0.1) is 5.41 Å². The molecule has 0 radical (unpaired) electrons. The van der Waals surface area contributed by atoms with Gasteiger partial charge in [0.1, 0.15) is 11.8 Å². The van der Waals surface area contributed by atoms with Crippen molar-refractivity contribution in [1.29, 1.82) is 0 Å². The lowest BCUT2D eigenvalue weighted by Gasteiger charge is -2.41. The van der Waals surface area contributed by atoms with E-state index in [4.69, 9.17) is 9.47 Å². The predicted molar refractivity (Wildman–Crippen MR) is 124 cm³/mol. The first-order valence-corrected chi connectivity index (χ1v) is 12.1. The zero-order valence-electron chi connectivity index (χ0n) is 19.8. The lowest BCUT2D eigenvalue weighted by atomic mass is 9.73. The van der Waals surface area contributed by atoms with Crippen molar-refractivity contribution in [3.05, 3.63) is 29.8 Å². The number of likely N-dealkylation sites (tertiary alicyclic amines) is 1. The van der Waals surface area contributed by atoms with Gasteiger partial charge in [-0.05, 0) is 65.6 Å². The smallest absolute Gasteiger partial charge is 0.242 e. The van der Waals surface area contributed by atoms with Gasteiger partial charge in [0.25, 0.3) is 0 Å². The largest absolute Gasteiger partial charge is 0.494 e. The molecule has 2 aliphatic rings. The second-order valence-electron chi connectivity index (χ2n) is 9.23. The summed E-state index contributed by atoms with van der Waals surface area (Å²) in [6, 6.07) is 7.55. The maximum absolute atomic E-state index is 13.4. The van der Waals surface area contributed by atoms with Gasteiger partial charge in [0, 0.05) is 24.8 Å². The van der Waals surface area contributed by atoms with E-state index < -0.39 is 11.5 Å². The van der Waals surface area contributed by atoms with Gasteiger partial charge >= 0.3 is 0 Å². The van der Waals surface area contributed by atoms with Crippen LogP contribution in [0.3, 0.4) is 0 Å². The fraction of sp³-hybridized carbons (Fsp3) is 0.680. The molecule has 7 nitrogen and oxygen atoms in total. The van der Waals surface area contributed by atoms with Crippen molar-refractivity contribution < 1.29 is 19.1 Å². The zero-order chi connectivity index (χ0) is 23.0. The van der Waals surface area contributed by atoms with Gasteiger partial charge in [0.05, 0.1) is 18.6 Å². The van der Waals surface area contributed by atoms with Gasteiger partial charge in [-0.1, -0.05) is 24.6 Å². The van der Waals surface area contributed by atoms with E-state index in [0.29, 0.717) is 19.8 Å². The Bertz CT molecular complexity index is 761. The molecule has 3 rings (SSSR count). The van der Waals surface area contributed by atoms with E-state index in [-0.39, 0.29) is 17.9 Å². The average Bonchev–Trinajstić information content (AvgIpc) is 2.78. The van der Waals surface area contributed by atoms with Crippen LogP contribution in [0.4, 0.5) is 0 Å². The number of rotatable bonds is 4. The van der Waals surface area contributed by atoms with Crippen LogP contribution in [0.1, 0.15) is 58.4 Å². The van der Waals surface area contributed by atoms with Gasteiger partial charge in [-0.3, -0.25) is 14.5 Å². The van der Waals surface area contributed by atoms with Gasteiger partial charge in [0.15, 0.2) is 0 Å². The first-order valence-electron chi connectivity index (χ1n) is 12.1. The third kappa shape index (κ3) is 6.45. The molecule has 2 atom stereocenters. The number of nitrogens with zero attached hydrogens (tertiary/aromatic N) is 1. The van der Waals surface area contributed by atoms with Crippen molar-refractivity contribution in [2.24, 2.45) is 5.41 Å². The SMILES string of the molecule is CCOc1ccccc1CN1CCC2(CCCCOC[C@H](C)NC(=O)[C@H](C)NC2=O)CC1. The van der Waals surface area contributed by atoms with E-state index in [0.717, 1.165) is 57.5 Å². The predicted octanol–water partition coefficient (Wildman–Crippen LogP) is 2.88. The van der Waals surface area contributed by atoms with E-state index in [1.807, 2.05) is 32.0 Å². The molecular formula is C25H39N3O4. The molecule has 0 saturated carbocycles. The van der Waals surface area contributed by atoms with E-state index >= 15 is 0 Å². The number of hydrogen-bond acceptors (Lipinski definition) is 5. The minimum Gasteiger partial charge on any atom is -0.494 e. The Kier molecular flexibility index (Phi) is 8.93. The first-order chi connectivity index (χ1) is 15.4. The Hall–Kier alpha value is -2.12. The van der Waals surface area contributed by atoms with Crippen molar-refractivity contribution in [3.63, 3.8) is 0 Å². The van der Waals surface area contributed by atoms with Crippen LogP contribution in [-0.2, 0) is 20.9 Å². The van der Waals surface area contributed by atoms with Gasteiger partial charge in [0.2, 0.25) is 11.8 Å². The lowest BCUT2D eigenvalue weighted by molar-refractivity contribution is -0.138. The summed E-state index contributed by atoms with van der Waals surface area (Å²) in [7, 11) is 0. The molecule has 2 heterocycles. The summed E-state index contributed by atoms with van der Waals surface area (Å²) >= 11 is 0. The summed E-state index contributed by atoms with van der Waals surface area (Å²) in [6.07, 6.45) is 4.29. The Balaban J connectivity index is 1.66. The van der Waals surface area contributed by atoms with E-state index in [1.54, 1.807) is 6.92 Å². The quantitative estimate of drug-likeness (QED) is 0.745. The highest BCUT2D eigenvalue weighted by Crippen LogP contribution is 2.38. The number of carbonyl (C=O) groups excluding carboxylic acids is 2. The maximum atomic E-state index is 13.4. The number of piperidine rings is 1. The van der Waals surface area contributed by atoms with Gasteiger partial charge in [-0.2, -0.15) is 0 Å². The molecule has 2 fully saturated rings. The molecule has 178 valence electrons. The molecule has 1 spiro atoms. The van der Waals surface area contributed by atoms with Crippen molar-refractivity contribution in [2.75, 3.05) is 32.9 Å². The van der Waals surface area contributed by atoms with Gasteiger partial charge < -0.3 is 20.1 Å². The number of benzene rings is 1. The molecule has 0 aromatic heterocycles. The molecule has 2 N–H and O–H groups in total. The topological polar surface area (TPSA) is 79.9 Å². The number of hydrogen-bond donors (Lipinski definition) is 2. The second-order valence-corrected chi connectivity index (χ2v) is 9.23. The molecule has 32 heavy (non-hydrogen) atoms. The fourth-order valence-electron chi connectivity index (χ4n) is 4.65. The Labute approximate surface area is 192 Å². The number of para-hydroxylation sites is 1. The van der Waals surface area contributed by atoms with E-state index in [9.17, 15) is 9.59 Å². The average molecular weight is 446 g/mol. The highest BCUT2D eigenvalue weighted by atomic mass is 16.5. The van der Waals surface area contributed by atoms with Crippen LogP contribution in [0.5, 0.6) is 5.75 Å². The fourth-order valence-corrected chi connectivity index (χ4v) is 4.65.